The number of hydrogen-bond donors (Lipinski definition) is 0. The van der Waals surface area contributed by atoms with Gasteiger partial charge >= 0.3 is 0 Å². The van der Waals surface area contributed by atoms with Crippen LogP contribution in [-0.4, -0.2) is 51.1 Å². The van der Waals surface area contributed by atoms with Gasteiger partial charge in [0.1, 0.15) is 12.4 Å². The van der Waals surface area contributed by atoms with Crippen molar-refractivity contribution in [1.82, 2.24) is 4.90 Å². The second-order valence-electron chi connectivity index (χ2n) is 6.93. The molecule has 0 heterocycles. The molecule has 0 saturated carbocycles. The van der Waals surface area contributed by atoms with Crippen LogP contribution in [0, 0.1) is 0 Å². The molecule has 0 N–H and O–H groups in total. The summed E-state index contributed by atoms with van der Waals surface area (Å²) >= 11 is 0. The van der Waals surface area contributed by atoms with Crippen LogP contribution in [0.25, 0.3) is 10.8 Å². The lowest BCUT2D eigenvalue weighted by molar-refractivity contribution is 0.103. The molecule has 0 aromatic heterocycles. The van der Waals surface area contributed by atoms with E-state index < -0.39 is 0 Å². The van der Waals surface area contributed by atoms with E-state index in [2.05, 4.69) is 18.7 Å². The van der Waals surface area contributed by atoms with Crippen LogP contribution < -0.4 is 14.2 Å². The molecular formula is C25H29NO4. The largest absolute Gasteiger partial charge is 0.493 e. The SMILES string of the molecule is CCN(CC)CCOc1ccc2ccccc2c1C(=O)c1ccc(OC)c(OC)c1. The van der Waals surface area contributed by atoms with Crippen LogP contribution in [0.15, 0.2) is 54.6 Å². The maximum absolute atomic E-state index is 13.6. The molecule has 0 aliphatic heterocycles. The van der Waals surface area contributed by atoms with Gasteiger partial charge < -0.3 is 19.1 Å². The summed E-state index contributed by atoms with van der Waals surface area (Å²) < 4.78 is 16.8. The molecule has 3 aromatic rings. The molecule has 0 aliphatic carbocycles. The van der Waals surface area contributed by atoms with Crippen molar-refractivity contribution >= 4 is 16.6 Å². The predicted octanol–water partition coefficient (Wildman–Crippen LogP) is 4.81. The van der Waals surface area contributed by atoms with E-state index in [-0.39, 0.29) is 5.78 Å². The molecule has 158 valence electrons. The van der Waals surface area contributed by atoms with Crippen LogP contribution in [0.5, 0.6) is 17.2 Å². The summed E-state index contributed by atoms with van der Waals surface area (Å²) in [6, 6.07) is 17.0. The van der Waals surface area contributed by atoms with E-state index in [4.69, 9.17) is 14.2 Å². The highest BCUT2D eigenvalue weighted by atomic mass is 16.5. The summed E-state index contributed by atoms with van der Waals surface area (Å²) in [5.74, 6) is 1.60. The minimum atomic E-state index is -0.106. The van der Waals surface area contributed by atoms with E-state index in [0.29, 0.717) is 35.0 Å². The number of ketones is 1. The Kier molecular flexibility index (Phi) is 7.31. The number of hydrogen-bond acceptors (Lipinski definition) is 5. The van der Waals surface area contributed by atoms with Gasteiger partial charge in [0.05, 0.1) is 19.8 Å². The Bertz CT molecular complexity index is 1010. The second-order valence-corrected chi connectivity index (χ2v) is 6.93. The molecule has 3 rings (SSSR count). The zero-order valence-electron chi connectivity index (χ0n) is 18.1. The smallest absolute Gasteiger partial charge is 0.197 e. The quantitative estimate of drug-likeness (QED) is 0.452. The van der Waals surface area contributed by atoms with Gasteiger partial charge in [-0.2, -0.15) is 0 Å². The maximum Gasteiger partial charge on any atom is 0.197 e. The lowest BCUT2D eigenvalue weighted by atomic mass is 9.96. The van der Waals surface area contributed by atoms with Gasteiger partial charge in [0.15, 0.2) is 17.3 Å². The van der Waals surface area contributed by atoms with Crippen LogP contribution in [0.1, 0.15) is 29.8 Å². The molecule has 0 atom stereocenters. The number of nitrogens with zero attached hydrogens (tertiary/aromatic N) is 1. The minimum Gasteiger partial charge on any atom is -0.493 e. The van der Waals surface area contributed by atoms with Crippen molar-refractivity contribution in [2.45, 2.75) is 13.8 Å². The van der Waals surface area contributed by atoms with Gasteiger partial charge in [-0.15, -0.1) is 0 Å². The summed E-state index contributed by atoms with van der Waals surface area (Å²) in [5.41, 5.74) is 1.09. The molecule has 0 unspecified atom stereocenters. The average Bonchev–Trinajstić information content (AvgIpc) is 2.80. The van der Waals surface area contributed by atoms with Gasteiger partial charge in [-0.1, -0.05) is 44.2 Å². The van der Waals surface area contributed by atoms with Crippen LogP contribution in [0.2, 0.25) is 0 Å². The van der Waals surface area contributed by atoms with Crippen LogP contribution in [0.4, 0.5) is 0 Å². The van der Waals surface area contributed by atoms with Crippen molar-refractivity contribution in [3.05, 3.63) is 65.7 Å². The van der Waals surface area contributed by atoms with Crippen molar-refractivity contribution in [3.63, 3.8) is 0 Å². The summed E-state index contributed by atoms with van der Waals surface area (Å²) in [6.07, 6.45) is 0. The standard InChI is InChI=1S/C25H29NO4/c1-5-26(6-2)15-16-30-22-14-11-18-9-7-8-10-20(18)24(22)25(27)19-12-13-21(28-3)23(17-19)29-4/h7-14,17H,5-6,15-16H2,1-4H3. The number of benzene rings is 3. The van der Waals surface area contributed by atoms with Crippen molar-refractivity contribution in [3.8, 4) is 17.2 Å². The number of rotatable bonds is 10. The van der Waals surface area contributed by atoms with E-state index >= 15 is 0 Å². The first kappa shape index (κ1) is 21.7. The molecular weight excluding hydrogens is 378 g/mol. The van der Waals surface area contributed by atoms with E-state index in [9.17, 15) is 4.79 Å². The highest BCUT2D eigenvalue weighted by Crippen LogP contribution is 2.33. The van der Waals surface area contributed by atoms with Crippen LogP contribution >= 0.6 is 0 Å². The predicted molar refractivity (Wildman–Crippen MR) is 120 cm³/mol. The number of fused-ring (bicyclic) bond motifs is 1. The van der Waals surface area contributed by atoms with Crippen LogP contribution in [0.3, 0.4) is 0 Å². The first-order valence-electron chi connectivity index (χ1n) is 10.3. The molecule has 5 heteroatoms. The number of carbonyl (C=O) groups excluding carboxylic acids is 1. The maximum atomic E-state index is 13.6. The number of methoxy groups -OCH3 is 2. The zero-order chi connectivity index (χ0) is 21.5. The number of ether oxygens (including phenoxy) is 3. The van der Waals surface area contributed by atoms with Crippen molar-refractivity contribution in [2.75, 3.05) is 40.5 Å². The Balaban J connectivity index is 2.01. The topological polar surface area (TPSA) is 48.0 Å². The van der Waals surface area contributed by atoms with Crippen molar-refractivity contribution in [2.24, 2.45) is 0 Å². The van der Waals surface area contributed by atoms with E-state index in [1.54, 1.807) is 32.4 Å². The first-order chi connectivity index (χ1) is 14.6. The lowest BCUT2D eigenvalue weighted by Gasteiger charge is -2.19. The lowest BCUT2D eigenvalue weighted by Crippen LogP contribution is -2.28. The molecule has 0 amide bonds. The van der Waals surface area contributed by atoms with E-state index in [1.165, 1.54) is 0 Å². The molecule has 0 radical (unpaired) electrons. The first-order valence-corrected chi connectivity index (χ1v) is 10.3. The molecule has 0 bridgehead atoms. The molecule has 30 heavy (non-hydrogen) atoms. The summed E-state index contributed by atoms with van der Waals surface area (Å²) in [7, 11) is 3.14. The van der Waals surface area contributed by atoms with Gasteiger partial charge in [-0.3, -0.25) is 4.79 Å². The Labute approximate surface area is 178 Å². The highest BCUT2D eigenvalue weighted by Gasteiger charge is 2.20. The monoisotopic (exact) mass is 407 g/mol. The normalized spacial score (nSPS) is 11.0. The van der Waals surface area contributed by atoms with Crippen LogP contribution in [-0.2, 0) is 0 Å². The Morgan fingerprint density at radius 3 is 2.27 bits per heavy atom. The molecule has 0 fully saturated rings. The highest BCUT2D eigenvalue weighted by molar-refractivity contribution is 6.18. The number of likely N-dealkylation sites (N-methyl/N-ethyl adjacent to an activating group) is 1. The van der Waals surface area contributed by atoms with Crippen molar-refractivity contribution in [1.29, 1.82) is 0 Å². The molecule has 0 spiro atoms. The Morgan fingerprint density at radius 2 is 1.57 bits per heavy atom. The molecule has 5 nitrogen and oxygen atoms in total. The number of carbonyl (C=O) groups is 1. The van der Waals surface area contributed by atoms with E-state index in [0.717, 1.165) is 30.4 Å². The Hall–Kier alpha value is -3.05. The van der Waals surface area contributed by atoms with Gasteiger partial charge in [-0.25, -0.2) is 0 Å². The summed E-state index contributed by atoms with van der Waals surface area (Å²) in [5, 5.41) is 1.87. The zero-order valence-corrected chi connectivity index (χ0v) is 18.1. The third-order valence-corrected chi connectivity index (χ3v) is 5.32. The molecule has 0 aliphatic rings. The average molecular weight is 408 g/mol. The van der Waals surface area contributed by atoms with Gasteiger partial charge in [0.25, 0.3) is 0 Å². The summed E-state index contributed by atoms with van der Waals surface area (Å²) in [4.78, 5) is 15.9. The fourth-order valence-electron chi connectivity index (χ4n) is 3.55. The van der Waals surface area contributed by atoms with E-state index in [1.807, 2.05) is 36.4 Å². The molecule has 0 saturated heterocycles. The third-order valence-electron chi connectivity index (χ3n) is 5.32. The molecule has 3 aromatic carbocycles. The Morgan fingerprint density at radius 1 is 0.867 bits per heavy atom. The second kappa shape index (κ2) is 10.1. The van der Waals surface area contributed by atoms with Gasteiger partial charge in [-0.05, 0) is 48.1 Å². The van der Waals surface area contributed by atoms with Crippen molar-refractivity contribution < 1.29 is 19.0 Å². The van der Waals surface area contributed by atoms with Gasteiger partial charge in [0.2, 0.25) is 0 Å². The fraction of sp³-hybridized carbons (Fsp3) is 0.320. The summed E-state index contributed by atoms with van der Waals surface area (Å²) in [6.45, 7) is 7.52. The van der Waals surface area contributed by atoms with Gasteiger partial charge in [0, 0.05) is 12.1 Å². The minimum absolute atomic E-state index is 0.106. The fourth-order valence-corrected chi connectivity index (χ4v) is 3.55. The third kappa shape index (κ3) is 4.57.